The Balaban J connectivity index is 1.79. The molecule has 1 aliphatic carbocycles. The first-order chi connectivity index (χ1) is 11.2. The van der Waals surface area contributed by atoms with E-state index in [1.54, 1.807) is 5.56 Å². The molecule has 0 saturated carbocycles. The molecule has 4 rings (SSSR count). The van der Waals surface area contributed by atoms with E-state index in [0.717, 1.165) is 5.92 Å². The smallest absolute Gasteiger partial charge is 0.0864 e. The van der Waals surface area contributed by atoms with Gasteiger partial charge in [0.15, 0.2) is 0 Å². The van der Waals surface area contributed by atoms with Gasteiger partial charge in [-0.25, -0.2) is 0 Å². The highest BCUT2D eigenvalue weighted by Gasteiger charge is 2.40. The summed E-state index contributed by atoms with van der Waals surface area (Å²) in [6.07, 6.45) is 6.04. The standard InChI is InChI=1S/C19H25BrN2S/c1-3-7-22-10-12(11-23-2)8-14-13-5-4-6-16-18(13)15(9-17(14)22)19(20)21-16/h4-6,12,14,17,21H,3,7-11H2,1-2H3/t12-,14?,17-/m1/s1. The molecule has 1 saturated heterocycles. The number of thioether (sulfide) groups is 1. The molecule has 0 radical (unpaired) electrons. The molecule has 1 unspecified atom stereocenters. The predicted molar refractivity (Wildman–Crippen MR) is 105 cm³/mol. The van der Waals surface area contributed by atoms with Crippen LogP contribution in [0.25, 0.3) is 10.9 Å². The molecule has 2 nitrogen and oxygen atoms in total. The van der Waals surface area contributed by atoms with Crippen molar-refractivity contribution in [2.45, 2.75) is 38.1 Å². The lowest BCUT2D eigenvalue weighted by molar-refractivity contribution is 0.0925. The van der Waals surface area contributed by atoms with Crippen molar-refractivity contribution >= 4 is 38.6 Å². The predicted octanol–water partition coefficient (Wildman–Crippen LogP) is 5.03. The molecule has 2 aliphatic rings. The van der Waals surface area contributed by atoms with Crippen molar-refractivity contribution in [1.29, 1.82) is 0 Å². The van der Waals surface area contributed by atoms with Crippen molar-refractivity contribution in [2.24, 2.45) is 5.92 Å². The van der Waals surface area contributed by atoms with Crippen LogP contribution in [0.3, 0.4) is 0 Å². The molecule has 2 aromatic rings. The summed E-state index contributed by atoms with van der Waals surface area (Å²) in [5.41, 5.74) is 4.39. The van der Waals surface area contributed by atoms with Crippen LogP contribution in [0.5, 0.6) is 0 Å². The highest BCUT2D eigenvalue weighted by atomic mass is 79.9. The fourth-order valence-electron chi connectivity index (χ4n) is 4.84. The van der Waals surface area contributed by atoms with Crippen molar-refractivity contribution in [3.05, 3.63) is 33.9 Å². The first-order valence-electron chi connectivity index (χ1n) is 8.74. The summed E-state index contributed by atoms with van der Waals surface area (Å²) in [6, 6.07) is 7.52. The zero-order chi connectivity index (χ0) is 16.0. The summed E-state index contributed by atoms with van der Waals surface area (Å²) in [7, 11) is 0. The SMILES string of the molecule is CCCN1C[C@H](CSC)CC2c3cccc4[nH]c(Br)c(c34)C[C@H]21. The van der Waals surface area contributed by atoms with Crippen LogP contribution in [-0.2, 0) is 6.42 Å². The van der Waals surface area contributed by atoms with Crippen LogP contribution in [0.2, 0.25) is 0 Å². The Morgan fingerprint density at radius 2 is 2.26 bits per heavy atom. The minimum Gasteiger partial charge on any atom is -0.349 e. The Hall–Kier alpha value is -0.450. The molecule has 1 fully saturated rings. The highest BCUT2D eigenvalue weighted by Crippen LogP contribution is 2.46. The van der Waals surface area contributed by atoms with Crippen molar-refractivity contribution in [3.8, 4) is 0 Å². The summed E-state index contributed by atoms with van der Waals surface area (Å²) < 4.78 is 1.20. The van der Waals surface area contributed by atoms with Gasteiger partial charge in [-0.1, -0.05) is 19.1 Å². The first-order valence-corrected chi connectivity index (χ1v) is 10.9. The Morgan fingerprint density at radius 3 is 3.04 bits per heavy atom. The molecular weight excluding hydrogens is 368 g/mol. The van der Waals surface area contributed by atoms with Gasteiger partial charge < -0.3 is 4.98 Å². The second-order valence-corrected chi connectivity index (χ2v) is 8.82. The van der Waals surface area contributed by atoms with E-state index in [-0.39, 0.29) is 0 Å². The van der Waals surface area contributed by atoms with Crippen LogP contribution in [0, 0.1) is 5.92 Å². The third-order valence-electron chi connectivity index (χ3n) is 5.65. The van der Waals surface area contributed by atoms with Gasteiger partial charge >= 0.3 is 0 Å². The largest absolute Gasteiger partial charge is 0.349 e. The summed E-state index contributed by atoms with van der Waals surface area (Å²) in [5.74, 6) is 2.83. The molecule has 1 aromatic carbocycles. The number of halogens is 1. The Labute approximate surface area is 151 Å². The minimum absolute atomic E-state index is 0.679. The molecule has 0 bridgehead atoms. The van der Waals surface area contributed by atoms with Crippen molar-refractivity contribution in [1.82, 2.24) is 9.88 Å². The lowest BCUT2D eigenvalue weighted by Crippen LogP contribution is -2.50. The molecule has 1 N–H and O–H groups in total. The van der Waals surface area contributed by atoms with Crippen LogP contribution in [0.1, 0.15) is 36.8 Å². The number of hydrogen-bond acceptors (Lipinski definition) is 2. The van der Waals surface area contributed by atoms with Gasteiger partial charge in [0.05, 0.1) is 4.60 Å². The number of likely N-dealkylation sites (tertiary alicyclic amines) is 1. The van der Waals surface area contributed by atoms with Crippen LogP contribution < -0.4 is 0 Å². The number of piperidine rings is 1. The molecule has 3 atom stereocenters. The molecule has 0 amide bonds. The van der Waals surface area contributed by atoms with Gasteiger partial charge in [-0.05, 0) is 76.9 Å². The third kappa shape index (κ3) is 2.67. The van der Waals surface area contributed by atoms with Gasteiger partial charge in [-0.2, -0.15) is 11.8 Å². The van der Waals surface area contributed by atoms with Crippen molar-refractivity contribution in [2.75, 3.05) is 25.1 Å². The number of H-pyrrole nitrogens is 1. The number of aromatic amines is 1. The molecule has 4 heteroatoms. The Kier molecular flexibility index (Phi) is 4.50. The first kappa shape index (κ1) is 16.0. The number of fused-ring (bicyclic) bond motifs is 2. The lowest BCUT2D eigenvalue weighted by atomic mass is 9.72. The summed E-state index contributed by atoms with van der Waals surface area (Å²) in [6.45, 7) is 4.83. The number of hydrogen-bond donors (Lipinski definition) is 1. The lowest BCUT2D eigenvalue weighted by Gasteiger charge is -2.47. The Bertz CT molecular complexity index is 711. The van der Waals surface area contributed by atoms with Crippen LogP contribution in [0.15, 0.2) is 22.8 Å². The van der Waals surface area contributed by atoms with Gasteiger partial charge in [0.25, 0.3) is 0 Å². The second-order valence-electron chi connectivity index (χ2n) is 7.12. The van der Waals surface area contributed by atoms with Gasteiger partial charge in [0.1, 0.15) is 0 Å². The van der Waals surface area contributed by atoms with E-state index in [9.17, 15) is 0 Å². The maximum Gasteiger partial charge on any atom is 0.0864 e. The third-order valence-corrected chi connectivity index (χ3v) is 7.13. The molecule has 23 heavy (non-hydrogen) atoms. The quantitative estimate of drug-likeness (QED) is 0.785. The number of nitrogens with zero attached hydrogens (tertiary/aromatic N) is 1. The molecule has 124 valence electrons. The van der Waals surface area contributed by atoms with Gasteiger partial charge in [0.2, 0.25) is 0 Å². The fourth-order valence-corrected chi connectivity index (χ4v) is 6.13. The van der Waals surface area contributed by atoms with E-state index in [0.29, 0.717) is 12.0 Å². The van der Waals surface area contributed by atoms with E-state index in [4.69, 9.17) is 0 Å². The van der Waals surface area contributed by atoms with E-state index >= 15 is 0 Å². The monoisotopic (exact) mass is 392 g/mol. The highest BCUT2D eigenvalue weighted by molar-refractivity contribution is 9.10. The molecular formula is C19H25BrN2S. The van der Waals surface area contributed by atoms with E-state index < -0.39 is 0 Å². The fraction of sp³-hybridized carbons (Fsp3) is 0.579. The molecule has 1 aromatic heterocycles. The van der Waals surface area contributed by atoms with E-state index in [1.165, 1.54) is 59.2 Å². The number of aromatic nitrogens is 1. The zero-order valence-electron chi connectivity index (χ0n) is 13.9. The van der Waals surface area contributed by atoms with Crippen molar-refractivity contribution in [3.63, 3.8) is 0 Å². The van der Waals surface area contributed by atoms with Gasteiger partial charge in [-0.15, -0.1) is 0 Å². The van der Waals surface area contributed by atoms with Crippen molar-refractivity contribution < 1.29 is 0 Å². The minimum atomic E-state index is 0.679. The summed E-state index contributed by atoms with van der Waals surface area (Å²) in [5, 5.41) is 1.50. The zero-order valence-corrected chi connectivity index (χ0v) is 16.3. The maximum absolute atomic E-state index is 3.77. The molecule has 0 spiro atoms. The number of nitrogens with one attached hydrogen (secondary N) is 1. The van der Waals surface area contributed by atoms with Gasteiger partial charge in [0, 0.05) is 29.4 Å². The topological polar surface area (TPSA) is 19.0 Å². The maximum atomic E-state index is 3.77. The number of benzene rings is 1. The van der Waals surface area contributed by atoms with Crippen LogP contribution in [-0.4, -0.2) is 41.0 Å². The average molecular weight is 393 g/mol. The molecule has 1 aliphatic heterocycles. The number of rotatable bonds is 4. The average Bonchev–Trinajstić information content (AvgIpc) is 2.86. The van der Waals surface area contributed by atoms with E-state index in [2.05, 4.69) is 57.2 Å². The van der Waals surface area contributed by atoms with Crippen LogP contribution in [0.4, 0.5) is 0 Å². The Morgan fingerprint density at radius 1 is 1.39 bits per heavy atom. The summed E-state index contributed by atoms with van der Waals surface area (Å²) >= 11 is 5.78. The normalized spacial score (nSPS) is 27.3. The van der Waals surface area contributed by atoms with Crippen LogP contribution >= 0.6 is 27.7 Å². The summed E-state index contributed by atoms with van der Waals surface area (Å²) in [4.78, 5) is 6.33. The molecule has 2 heterocycles. The van der Waals surface area contributed by atoms with E-state index in [1.807, 2.05) is 11.8 Å². The second kappa shape index (κ2) is 6.45. The van der Waals surface area contributed by atoms with Gasteiger partial charge in [-0.3, -0.25) is 4.90 Å².